The summed E-state index contributed by atoms with van der Waals surface area (Å²) < 4.78 is 5.60. The minimum absolute atomic E-state index is 0.0233. The van der Waals surface area contributed by atoms with Crippen LogP contribution in [0.25, 0.3) is 0 Å². The van der Waals surface area contributed by atoms with Crippen molar-refractivity contribution in [3.63, 3.8) is 0 Å². The molecule has 17 heavy (non-hydrogen) atoms. The minimum Gasteiger partial charge on any atom is -0.493 e. The Bertz CT molecular complexity index is 371. The smallest absolute Gasteiger partial charge is 0.303 e. The molecule has 0 amide bonds. The summed E-state index contributed by atoms with van der Waals surface area (Å²) in [7, 11) is 0. The maximum Gasteiger partial charge on any atom is 0.303 e. The Kier molecular flexibility index (Phi) is 5.01. The van der Waals surface area contributed by atoms with Crippen molar-refractivity contribution in [3.8, 4) is 5.75 Å². The summed E-state index contributed by atoms with van der Waals surface area (Å²) in [6.07, 6.45) is 0.143. The summed E-state index contributed by atoms with van der Waals surface area (Å²) >= 11 is 0. The number of aliphatic carboxylic acids is 1. The third-order valence-corrected chi connectivity index (χ3v) is 2.58. The highest BCUT2D eigenvalue weighted by atomic mass is 16.5. The van der Waals surface area contributed by atoms with E-state index in [1.54, 1.807) is 0 Å². The van der Waals surface area contributed by atoms with Gasteiger partial charge < -0.3 is 9.84 Å². The second-order valence-electron chi connectivity index (χ2n) is 4.74. The molecule has 1 N–H and O–H groups in total. The fourth-order valence-electron chi connectivity index (χ4n) is 1.56. The number of carboxylic acids is 1. The number of carboxylic acid groups (broad SMARTS) is 1. The van der Waals surface area contributed by atoms with Gasteiger partial charge in [-0.2, -0.15) is 0 Å². The number of hydrogen-bond donors (Lipinski definition) is 1. The van der Waals surface area contributed by atoms with Gasteiger partial charge in [-0.1, -0.05) is 32.9 Å². The van der Waals surface area contributed by atoms with Crippen LogP contribution < -0.4 is 4.74 Å². The molecule has 0 heterocycles. The minimum atomic E-state index is -0.781. The predicted octanol–water partition coefficient (Wildman–Crippen LogP) is 3.30. The van der Waals surface area contributed by atoms with E-state index < -0.39 is 5.97 Å². The van der Waals surface area contributed by atoms with Crippen molar-refractivity contribution in [2.75, 3.05) is 6.61 Å². The maximum absolute atomic E-state index is 10.5. The van der Waals surface area contributed by atoms with Crippen LogP contribution in [0, 0.1) is 5.92 Å². The van der Waals surface area contributed by atoms with Crippen LogP contribution in [0.2, 0.25) is 0 Å². The fourth-order valence-corrected chi connectivity index (χ4v) is 1.56. The SMILES string of the molecule is CC(COc1cccc(C(C)C)c1)CC(=O)O. The van der Waals surface area contributed by atoms with E-state index in [4.69, 9.17) is 9.84 Å². The van der Waals surface area contributed by atoms with Crippen LogP contribution in [0.15, 0.2) is 24.3 Å². The molecule has 0 aliphatic heterocycles. The molecule has 3 heteroatoms. The summed E-state index contributed by atoms with van der Waals surface area (Å²) in [5, 5.41) is 8.64. The Morgan fingerprint density at radius 2 is 2.06 bits per heavy atom. The van der Waals surface area contributed by atoms with Gasteiger partial charge in [0.05, 0.1) is 13.0 Å². The molecule has 0 aromatic heterocycles. The van der Waals surface area contributed by atoms with E-state index in [2.05, 4.69) is 19.9 Å². The lowest BCUT2D eigenvalue weighted by molar-refractivity contribution is -0.138. The molecule has 0 spiro atoms. The summed E-state index contributed by atoms with van der Waals surface area (Å²) in [5.41, 5.74) is 1.23. The van der Waals surface area contributed by atoms with Gasteiger partial charge in [-0.05, 0) is 23.6 Å². The maximum atomic E-state index is 10.5. The van der Waals surface area contributed by atoms with Gasteiger partial charge in [0.2, 0.25) is 0 Å². The summed E-state index contributed by atoms with van der Waals surface area (Å²) in [5.74, 6) is 0.524. The van der Waals surface area contributed by atoms with Crippen molar-refractivity contribution in [1.29, 1.82) is 0 Å². The molecular weight excluding hydrogens is 216 g/mol. The second kappa shape index (κ2) is 6.28. The topological polar surface area (TPSA) is 46.5 Å². The molecule has 0 radical (unpaired) electrons. The van der Waals surface area contributed by atoms with E-state index in [0.717, 1.165) is 5.75 Å². The van der Waals surface area contributed by atoms with E-state index in [0.29, 0.717) is 12.5 Å². The highest BCUT2D eigenvalue weighted by Crippen LogP contribution is 2.20. The Hall–Kier alpha value is -1.51. The Balaban J connectivity index is 2.51. The average molecular weight is 236 g/mol. The Morgan fingerprint density at radius 3 is 2.65 bits per heavy atom. The lowest BCUT2D eigenvalue weighted by Gasteiger charge is -2.13. The van der Waals surface area contributed by atoms with Gasteiger partial charge in [-0.3, -0.25) is 4.79 Å². The van der Waals surface area contributed by atoms with E-state index in [-0.39, 0.29) is 12.3 Å². The number of ether oxygens (including phenoxy) is 1. The quantitative estimate of drug-likeness (QED) is 0.824. The number of carbonyl (C=O) groups is 1. The summed E-state index contributed by atoms with van der Waals surface area (Å²) in [4.78, 5) is 10.5. The van der Waals surface area contributed by atoms with E-state index in [1.165, 1.54) is 5.56 Å². The number of benzene rings is 1. The van der Waals surface area contributed by atoms with Gasteiger partial charge in [0.15, 0.2) is 0 Å². The van der Waals surface area contributed by atoms with Crippen molar-refractivity contribution < 1.29 is 14.6 Å². The van der Waals surface area contributed by atoms with Gasteiger partial charge in [-0.15, -0.1) is 0 Å². The molecule has 94 valence electrons. The van der Waals surface area contributed by atoms with Crippen LogP contribution >= 0.6 is 0 Å². The third-order valence-electron chi connectivity index (χ3n) is 2.58. The average Bonchev–Trinajstić information content (AvgIpc) is 2.26. The Morgan fingerprint density at radius 1 is 1.35 bits per heavy atom. The molecule has 0 aliphatic rings. The Labute approximate surface area is 102 Å². The van der Waals surface area contributed by atoms with Gasteiger partial charge in [-0.25, -0.2) is 0 Å². The van der Waals surface area contributed by atoms with Crippen molar-refractivity contribution in [2.45, 2.75) is 33.1 Å². The zero-order chi connectivity index (χ0) is 12.8. The van der Waals surface area contributed by atoms with Crippen molar-refractivity contribution in [2.24, 2.45) is 5.92 Å². The monoisotopic (exact) mass is 236 g/mol. The predicted molar refractivity (Wildman–Crippen MR) is 67.4 cm³/mol. The second-order valence-corrected chi connectivity index (χ2v) is 4.74. The largest absolute Gasteiger partial charge is 0.493 e. The number of hydrogen-bond acceptors (Lipinski definition) is 2. The van der Waals surface area contributed by atoms with Crippen LogP contribution in [0.4, 0.5) is 0 Å². The molecular formula is C14H20O3. The van der Waals surface area contributed by atoms with Gasteiger partial charge >= 0.3 is 5.97 Å². The van der Waals surface area contributed by atoms with Gasteiger partial charge in [0, 0.05) is 5.92 Å². The first-order valence-electron chi connectivity index (χ1n) is 5.93. The lowest BCUT2D eigenvalue weighted by atomic mass is 10.0. The molecule has 1 rings (SSSR count). The van der Waals surface area contributed by atoms with Crippen LogP contribution in [0.1, 0.15) is 38.7 Å². The fraction of sp³-hybridized carbons (Fsp3) is 0.500. The number of rotatable bonds is 6. The van der Waals surface area contributed by atoms with E-state index >= 15 is 0 Å². The molecule has 1 unspecified atom stereocenters. The van der Waals surface area contributed by atoms with E-state index in [1.807, 2.05) is 25.1 Å². The van der Waals surface area contributed by atoms with Crippen LogP contribution in [0.5, 0.6) is 5.75 Å². The highest BCUT2D eigenvalue weighted by molar-refractivity contribution is 5.66. The van der Waals surface area contributed by atoms with Crippen LogP contribution in [0.3, 0.4) is 0 Å². The van der Waals surface area contributed by atoms with Crippen LogP contribution in [-0.2, 0) is 4.79 Å². The molecule has 0 saturated carbocycles. The first-order valence-corrected chi connectivity index (χ1v) is 5.93. The standard InChI is InChI=1S/C14H20O3/c1-10(2)12-5-4-6-13(8-12)17-9-11(3)7-14(15)16/h4-6,8,10-11H,7,9H2,1-3H3,(H,15,16). The highest BCUT2D eigenvalue weighted by Gasteiger charge is 2.08. The molecule has 1 atom stereocenters. The van der Waals surface area contributed by atoms with Gasteiger partial charge in [0.1, 0.15) is 5.75 Å². The molecule has 1 aromatic rings. The zero-order valence-corrected chi connectivity index (χ0v) is 10.6. The van der Waals surface area contributed by atoms with Crippen LogP contribution in [-0.4, -0.2) is 17.7 Å². The van der Waals surface area contributed by atoms with Gasteiger partial charge in [0.25, 0.3) is 0 Å². The van der Waals surface area contributed by atoms with Crippen molar-refractivity contribution in [1.82, 2.24) is 0 Å². The van der Waals surface area contributed by atoms with Crippen molar-refractivity contribution in [3.05, 3.63) is 29.8 Å². The molecule has 3 nitrogen and oxygen atoms in total. The molecule has 0 saturated heterocycles. The summed E-state index contributed by atoms with van der Waals surface area (Å²) in [6.45, 7) is 6.58. The summed E-state index contributed by atoms with van der Waals surface area (Å²) in [6, 6.07) is 7.95. The normalized spacial score (nSPS) is 12.5. The molecule has 0 aliphatic carbocycles. The first kappa shape index (κ1) is 13.6. The first-order chi connectivity index (χ1) is 7.99. The molecule has 0 bridgehead atoms. The zero-order valence-electron chi connectivity index (χ0n) is 10.6. The third kappa shape index (κ3) is 4.89. The molecule has 1 aromatic carbocycles. The van der Waals surface area contributed by atoms with Crippen molar-refractivity contribution >= 4 is 5.97 Å². The molecule has 0 fully saturated rings. The van der Waals surface area contributed by atoms with E-state index in [9.17, 15) is 4.79 Å². The lowest BCUT2D eigenvalue weighted by Crippen LogP contribution is -2.13.